The first-order valence-corrected chi connectivity index (χ1v) is 5.07. The van der Waals surface area contributed by atoms with Crippen LogP contribution in [0.25, 0.3) is 10.9 Å². The van der Waals surface area contributed by atoms with E-state index in [1.807, 2.05) is 12.4 Å². The molecule has 0 radical (unpaired) electrons. The van der Waals surface area contributed by atoms with Crippen molar-refractivity contribution in [3.63, 3.8) is 0 Å². The van der Waals surface area contributed by atoms with Gasteiger partial charge in [-0.3, -0.25) is 9.67 Å². The van der Waals surface area contributed by atoms with Crippen LogP contribution in [0.1, 0.15) is 30.1 Å². The topological polar surface area (TPSA) is 30.7 Å². The van der Waals surface area contributed by atoms with Gasteiger partial charge in [0.05, 0.1) is 23.4 Å². The predicted molar refractivity (Wildman–Crippen MR) is 55.3 cm³/mol. The number of hydrogen-bond acceptors (Lipinski definition) is 2. The van der Waals surface area contributed by atoms with Crippen LogP contribution < -0.4 is 0 Å². The Bertz CT molecular complexity index is 494. The molecule has 0 N–H and O–H groups in total. The van der Waals surface area contributed by atoms with Crippen LogP contribution in [0.3, 0.4) is 0 Å². The summed E-state index contributed by atoms with van der Waals surface area (Å²) in [5, 5.41) is 5.71. The minimum atomic E-state index is 0.634. The van der Waals surface area contributed by atoms with Gasteiger partial charge in [0.25, 0.3) is 0 Å². The van der Waals surface area contributed by atoms with Crippen LogP contribution in [0.15, 0.2) is 12.4 Å². The molecule has 0 spiro atoms. The first-order chi connectivity index (χ1) is 6.77. The molecule has 1 aliphatic carbocycles. The Hall–Kier alpha value is -1.38. The summed E-state index contributed by atoms with van der Waals surface area (Å²) in [4.78, 5) is 4.39. The van der Waals surface area contributed by atoms with Crippen LogP contribution in [-0.2, 0) is 0 Å². The van der Waals surface area contributed by atoms with E-state index in [2.05, 4.69) is 28.6 Å². The summed E-state index contributed by atoms with van der Waals surface area (Å²) in [5.41, 5.74) is 3.54. The van der Waals surface area contributed by atoms with Gasteiger partial charge in [0.15, 0.2) is 0 Å². The Kier molecular flexibility index (Phi) is 1.46. The summed E-state index contributed by atoms with van der Waals surface area (Å²) in [5.74, 6) is 0. The smallest absolute Gasteiger partial charge is 0.0900 e. The molecule has 0 bridgehead atoms. The second kappa shape index (κ2) is 2.56. The molecule has 0 aliphatic heterocycles. The molecule has 14 heavy (non-hydrogen) atoms. The molecule has 72 valence electrons. The minimum Gasteiger partial charge on any atom is -0.260 e. The van der Waals surface area contributed by atoms with Crippen molar-refractivity contribution in [3.05, 3.63) is 23.7 Å². The van der Waals surface area contributed by atoms with Crippen molar-refractivity contribution in [3.8, 4) is 0 Å². The Morgan fingerprint density at radius 2 is 2.07 bits per heavy atom. The van der Waals surface area contributed by atoms with Crippen LogP contribution >= 0.6 is 0 Å². The Labute approximate surface area is 82.8 Å². The van der Waals surface area contributed by atoms with Gasteiger partial charge in [0.2, 0.25) is 0 Å². The molecule has 1 aliphatic rings. The maximum atomic E-state index is 4.46. The molecule has 2 aromatic rings. The average Bonchev–Trinajstić information content (AvgIpc) is 2.91. The number of aryl methyl sites for hydroxylation is 2. The normalized spacial score (nSPS) is 16.4. The third-order valence-electron chi connectivity index (χ3n) is 2.91. The van der Waals surface area contributed by atoms with E-state index in [0.717, 1.165) is 5.69 Å². The van der Waals surface area contributed by atoms with Gasteiger partial charge >= 0.3 is 0 Å². The highest BCUT2D eigenvalue weighted by Gasteiger charge is 2.26. The van der Waals surface area contributed by atoms with E-state index in [-0.39, 0.29) is 0 Å². The third kappa shape index (κ3) is 0.983. The highest BCUT2D eigenvalue weighted by atomic mass is 15.3. The maximum Gasteiger partial charge on any atom is 0.0900 e. The predicted octanol–water partition coefficient (Wildman–Crippen LogP) is 2.38. The average molecular weight is 187 g/mol. The highest BCUT2D eigenvalue weighted by molar-refractivity contribution is 5.83. The largest absolute Gasteiger partial charge is 0.260 e. The van der Waals surface area contributed by atoms with E-state index in [9.17, 15) is 0 Å². The number of hydrogen-bond donors (Lipinski definition) is 0. The van der Waals surface area contributed by atoms with Gasteiger partial charge in [-0.2, -0.15) is 5.10 Å². The molecule has 0 aromatic carbocycles. The summed E-state index contributed by atoms with van der Waals surface area (Å²) in [6.45, 7) is 4.15. The van der Waals surface area contributed by atoms with Crippen molar-refractivity contribution in [1.29, 1.82) is 0 Å². The lowest BCUT2D eigenvalue weighted by atomic mass is 10.2. The van der Waals surface area contributed by atoms with Gasteiger partial charge in [-0.15, -0.1) is 0 Å². The Morgan fingerprint density at radius 1 is 1.29 bits per heavy atom. The lowest BCUT2D eigenvalue weighted by molar-refractivity contribution is 0.663. The van der Waals surface area contributed by atoms with Crippen LogP contribution in [-0.4, -0.2) is 14.8 Å². The van der Waals surface area contributed by atoms with Crippen LogP contribution in [0.2, 0.25) is 0 Å². The SMILES string of the molecule is Cc1cnc(C)c2c1cnn2C1CC1. The van der Waals surface area contributed by atoms with E-state index < -0.39 is 0 Å². The van der Waals surface area contributed by atoms with Gasteiger partial charge in [0.1, 0.15) is 0 Å². The van der Waals surface area contributed by atoms with Crippen molar-refractivity contribution in [2.45, 2.75) is 32.7 Å². The van der Waals surface area contributed by atoms with Gasteiger partial charge in [-0.05, 0) is 32.3 Å². The minimum absolute atomic E-state index is 0.634. The fraction of sp³-hybridized carbons (Fsp3) is 0.455. The number of rotatable bonds is 1. The number of pyridine rings is 1. The monoisotopic (exact) mass is 187 g/mol. The molecule has 1 fully saturated rings. The van der Waals surface area contributed by atoms with E-state index in [1.54, 1.807) is 0 Å². The van der Waals surface area contributed by atoms with Crippen LogP contribution in [0.5, 0.6) is 0 Å². The Balaban J connectivity index is 2.37. The fourth-order valence-corrected chi connectivity index (χ4v) is 1.93. The molecule has 0 unspecified atom stereocenters. The molecule has 3 nitrogen and oxygen atoms in total. The molecule has 1 saturated carbocycles. The molecular weight excluding hydrogens is 174 g/mol. The summed E-state index contributed by atoms with van der Waals surface area (Å²) >= 11 is 0. The van der Waals surface area contributed by atoms with Gasteiger partial charge in [-0.25, -0.2) is 0 Å². The standard InChI is InChI=1S/C11H13N3/c1-7-5-12-8(2)11-10(7)6-13-14(11)9-3-4-9/h5-6,9H,3-4H2,1-2H3. The molecule has 2 aromatic heterocycles. The number of aromatic nitrogens is 3. The molecule has 2 heterocycles. The van der Waals surface area contributed by atoms with E-state index >= 15 is 0 Å². The number of nitrogens with zero attached hydrogens (tertiary/aromatic N) is 3. The molecular formula is C11H13N3. The summed E-state index contributed by atoms with van der Waals surface area (Å²) in [6, 6.07) is 0.634. The molecule has 0 amide bonds. The zero-order chi connectivity index (χ0) is 9.71. The van der Waals surface area contributed by atoms with Crippen LogP contribution in [0.4, 0.5) is 0 Å². The van der Waals surface area contributed by atoms with Gasteiger partial charge in [-0.1, -0.05) is 0 Å². The molecule has 3 heteroatoms. The highest BCUT2D eigenvalue weighted by Crippen LogP contribution is 2.37. The van der Waals surface area contributed by atoms with Crippen molar-refractivity contribution >= 4 is 10.9 Å². The molecule has 0 saturated heterocycles. The van der Waals surface area contributed by atoms with E-state index in [0.29, 0.717) is 6.04 Å². The first kappa shape index (κ1) is 7.97. The fourth-order valence-electron chi connectivity index (χ4n) is 1.93. The third-order valence-corrected chi connectivity index (χ3v) is 2.91. The first-order valence-electron chi connectivity index (χ1n) is 5.07. The molecule has 3 rings (SSSR count). The van der Waals surface area contributed by atoms with E-state index in [1.165, 1.54) is 29.3 Å². The van der Waals surface area contributed by atoms with Gasteiger partial charge < -0.3 is 0 Å². The lowest BCUT2D eigenvalue weighted by Crippen LogP contribution is -1.98. The summed E-state index contributed by atoms with van der Waals surface area (Å²) in [6.07, 6.45) is 6.43. The maximum absolute atomic E-state index is 4.46. The quantitative estimate of drug-likeness (QED) is 0.686. The van der Waals surface area contributed by atoms with Crippen molar-refractivity contribution in [2.24, 2.45) is 0 Å². The van der Waals surface area contributed by atoms with Crippen LogP contribution in [0, 0.1) is 13.8 Å². The lowest BCUT2D eigenvalue weighted by Gasteiger charge is -2.03. The van der Waals surface area contributed by atoms with Crippen molar-refractivity contribution in [1.82, 2.24) is 14.8 Å². The zero-order valence-electron chi connectivity index (χ0n) is 8.49. The van der Waals surface area contributed by atoms with Crippen molar-refractivity contribution in [2.75, 3.05) is 0 Å². The van der Waals surface area contributed by atoms with E-state index in [4.69, 9.17) is 0 Å². The second-order valence-electron chi connectivity index (χ2n) is 4.11. The summed E-state index contributed by atoms with van der Waals surface area (Å²) in [7, 11) is 0. The second-order valence-corrected chi connectivity index (χ2v) is 4.11. The Morgan fingerprint density at radius 3 is 2.79 bits per heavy atom. The zero-order valence-corrected chi connectivity index (χ0v) is 8.49. The van der Waals surface area contributed by atoms with Gasteiger partial charge in [0, 0.05) is 11.6 Å². The van der Waals surface area contributed by atoms with Crippen molar-refractivity contribution < 1.29 is 0 Å². The number of fused-ring (bicyclic) bond motifs is 1. The molecule has 0 atom stereocenters. The summed E-state index contributed by atoms with van der Waals surface area (Å²) < 4.78 is 2.14.